The molecule has 5 heteroatoms. The third kappa shape index (κ3) is 4.66. The van der Waals surface area contributed by atoms with Gasteiger partial charge in [-0.25, -0.2) is 0 Å². The molecule has 0 spiro atoms. The first-order chi connectivity index (χ1) is 11.7. The number of halogens is 1. The van der Waals surface area contributed by atoms with Crippen LogP contribution in [0.2, 0.25) is 5.02 Å². The van der Waals surface area contributed by atoms with Crippen LogP contribution >= 0.6 is 23.4 Å². The van der Waals surface area contributed by atoms with Crippen molar-refractivity contribution in [1.82, 2.24) is 5.32 Å². The number of hydrogen-bond acceptors (Lipinski definition) is 3. The minimum atomic E-state index is -0.108. The smallest absolute Gasteiger partial charge is 0.251 e. The molecule has 0 atom stereocenters. The van der Waals surface area contributed by atoms with E-state index in [2.05, 4.69) is 5.32 Å². The SMILES string of the molecule is O=C(NCc1ccco1)c1ccc(CSc2ccc(Cl)cc2)cc1. The van der Waals surface area contributed by atoms with Gasteiger partial charge in [0.05, 0.1) is 12.8 Å². The lowest BCUT2D eigenvalue weighted by Crippen LogP contribution is -2.22. The predicted octanol–water partition coefficient (Wildman–Crippen LogP) is 5.16. The van der Waals surface area contributed by atoms with E-state index in [9.17, 15) is 4.79 Å². The van der Waals surface area contributed by atoms with Crippen LogP contribution in [0, 0.1) is 0 Å². The molecule has 0 unspecified atom stereocenters. The minimum Gasteiger partial charge on any atom is -0.467 e. The van der Waals surface area contributed by atoms with Crippen molar-refractivity contribution in [2.24, 2.45) is 0 Å². The van der Waals surface area contributed by atoms with Crippen molar-refractivity contribution in [2.75, 3.05) is 0 Å². The van der Waals surface area contributed by atoms with E-state index in [4.69, 9.17) is 16.0 Å². The topological polar surface area (TPSA) is 42.2 Å². The Morgan fingerprint density at radius 2 is 1.79 bits per heavy atom. The van der Waals surface area contributed by atoms with Crippen molar-refractivity contribution in [3.8, 4) is 0 Å². The lowest BCUT2D eigenvalue weighted by atomic mass is 10.1. The molecule has 2 aromatic carbocycles. The molecule has 3 rings (SSSR count). The fraction of sp³-hybridized carbons (Fsp3) is 0.105. The van der Waals surface area contributed by atoms with Crippen LogP contribution in [0.4, 0.5) is 0 Å². The summed E-state index contributed by atoms with van der Waals surface area (Å²) in [6.45, 7) is 0.389. The molecule has 0 aliphatic rings. The molecule has 0 fully saturated rings. The molecule has 1 N–H and O–H groups in total. The van der Waals surface area contributed by atoms with Crippen LogP contribution in [0.3, 0.4) is 0 Å². The average molecular weight is 358 g/mol. The summed E-state index contributed by atoms with van der Waals surface area (Å²) in [7, 11) is 0. The third-order valence-electron chi connectivity index (χ3n) is 3.44. The zero-order valence-corrected chi connectivity index (χ0v) is 14.4. The second kappa shape index (κ2) is 8.08. The number of furan rings is 1. The van der Waals surface area contributed by atoms with Gasteiger partial charge in [-0.15, -0.1) is 11.8 Å². The van der Waals surface area contributed by atoms with Crippen molar-refractivity contribution in [3.05, 3.63) is 88.8 Å². The van der Waals surface area contributed by atoms with Crippen LogP contribution in [0.25, 0.3) is 0 Å². The molecule has 0 bridgehead atoms. The van der Waals surface area contributed by atoms with Crippen LogP contribution in [0.15, 0.2) is 76.2 Å². The van der Waals surface area contributed by atoms with E-state index in [1.807, 2.05) is 54.6 Å². The van der Waals surface area contributed by atoms with Gasteiger partial charge in [0.1, 0.15) is 5.76 Å². The second-order valence-electron chi connectivity index (χ2n) is 5.20. The van der Waals surface area contributed by atoms with Crippen LogP contribution in [0.5, 0.6) is 0 Å². The molecular formula is C19H16ClNO2S. The van der Waals surface area contributed by atoms with Gasteiger partial charge in [0.15, 0.2) is 0 Å². The van der Waals surface area contributed by atoms with E-state index in [0.29, 0.717) is 12.1 Å². The first-order valence-electron chi connectivity index (χ1n) is 7.48. The van der Waals surface area contributed by atoms with E-state index in [0.717, 1.165) is 22.1 Å². The summed E-state index contributed by atoms with van der Waals surface area (Å²) in [6, 6.07) is 19.0. The summed E-state index contributed by atoms with van der Waals surface area (Å²) < 4.78 is 5.19. The zero-order chi connectivity index (χ0) is 16.8. The summed E-state index contributed by atoms with van der Waals surface area (Å²) in [5.41, 5.74) is 1.80. The average Bonchev–Trinajstić information content (AvgIpc) is 3.13. The molecule has 122 valence electrons. The van der Waals surface area contributed by atoms with Crippen LogP contribution in [-0.4, -0.2) is 5.91 Å². The number of carbonyl (C=O) groups is 1. The van der Waals surface area contributed by atoms with E-state index in [1.54, 1.807) is 24.1 Å². The number of nitrogens with one attached hydrogen (secondary N) is 1. The maximum atomic E-state index is 12.1. The summed E-state index contributed by atoms with van der Waals surface area (Å²) >= 11 is 7.61. The molecule has 1 amide bonds. The lowest BCUT2D eigenvalue weighted by Gasteiger charge is -2.06. The Balaban J connectivity index is 1.52. The normalized spacial score (nSPS) is 10.5. The molecule has 3 nitrogen and oxygen atoms in total. The van der Waals surface area contributed by atoms with Gasteiger partial charge in [-0.1, -0.05) is 23.7 Å². The Morgan fingerprint density at radius 3 is 2.46 bits per heavy atom. The van der Waals surface area contributed by atoms with E-state index < -0.39 is 0 Å². The van der Waals surface area contributed by atoms with Crippen molar-refractivity contribution >= 4 is 29.3 Å². The van der Waals surface area contributed by atoms with Gasteiger partial charge in [-0.3, -0.25) is 4.79 Å². The molecule has 1 heterocycles. The molecular weight excluding hydrogens is 342 g/mol. The largest absolute Gasteiger partial charge is 0.467 e. The zero-order valence-electron chi connectivity index (χ0n) is 12.9. The van der Waals surface area contributed by atoms with Gasteiger partial charge in [-0.2, -0.15) is 0 Å². The number of hydrogen-bond donors (Lipinski definition) is 1. The fourth-order valence-corrected chi connectivity index (χ4v) is 3.11. The highest BCUT2D eigenvalue weighted by Crippen LogP contribution is 2.24. The molecule has 0 saturated heterocycles. The molecule has 1 aromatic heterocycles. The van der Waals surface area contributed by atoms with Crippen LogP contribution in [0.1, 0.15) is 21.7 Å². The van der Waals surface area contributed by atoms with Crippen molar-refractivity contribution in [1.29, 1.82) is 0 Å². The summed E-state index contributed by atoms with van der Waals surface area (Å²) in [4.78, 5) is 13.3. The summed E-state index contributed by atoms with van der Waals surface area (Å²) in [5, 5.41) is 3.57. The molecule has 3 aromatic rings. The second-order valence-corrected chi connectivity index (χ2v) is 6.69. The number of amides is 1. The maximum absolute atomic E-state index is 12.1. The Morgan fingerprint density at radius 1 is 1.04 bits per heavy atom. The fourth-order valence-electron chi connectivity index (χ4n) is 2.13. The number of rotatable bonds is 6. The first-order valence-corrected chi connectivity index (χ1v) is 8.85. The van der Waals surface area contributed by atoms with Gasteiger partial charge in [0.2, 0.25) is 0 Å². The van der Waals surface area contributed by atoms with E-state index >= 15 is 0 Å². The first kappa shape index (κ1) is 16.7. The van der Waals surface area contributed by atoms with Crippen molar-refractivity contribution in [2.45, 2.75) is 17.2 Å². The molecule has 0 saturated carbocycles. The molecule has 24 heavy (non-hydrogen) atoms. The number of thioether (sulfide) groups is 1. The Kier molecular flexibility index (Phi) is 5.62. The minimum absolute atomic E-state index is 0.108. The highest BCUT2D eigenvalue weighted by molar-refractivity contribution is 7.98. The summed E-state index contributed by atoms with van der Waals surface area (Å²) in [6.07, 6.45) is 1.59. The van der Waals surface area contributed by atoms with Gasteiger partial charge in [-0.05, 0) is 54.1 Å². The predicted molar refractivity (Wildman–Crippen MR) is 97.3 cm³/mol. The van der Waals surface area contributed by atoms with Gasteiger partial charge >= 0.3 is 0 Å². The van der Waals surface area contributed by atoms with Crippen LogP contribution in [-0.2, 0) is 12.3 Å². The third-order valence-corrected chi connectivity index (χ3v) is 4.77. The Labute approximate surface area is 150 Å². The van der Waals surface area contributed by atoms with Gasteiger partial charge in [0, 0.05) is 21.2 Å². The van der Waals surface area contributed by atoms with Gasteiger partial charge < -0.3 is 9.73 Å². The Bertz CT molecular complexity index is 783. The number of benzene rings is 2. The Hall–Kier alpha value is -2.17. The molecule has 0 radical (unpaired) electrons. The highest BCUT2D eigenvalue weighted by Gasteiger charge is 2.06. The lowest BCUT2D eigenvalue weighted by molar-refractivity contribution is 0.0948. The standard InChI is InChI=1S/C19H16ClNO2S/c20-16-7-9-18(10-8-16)24-13-14-3-5-15(6-4-14)19(22)21-12-17-2-1-11-23-17/h1-11H,12-13H2,(H,21,22). The maximum Gasteiger partial charge on any atom is 0.251 e. The van der Waals surface area contributed by atoms with E-state index in [-0.39, 0.29) is 5.91 Å². The molecule has 0 aliphatic carbocycles. The van der Waals surface area contributed by atoms with Crippen LogP contribution < -0.4 is 5.32 Å². The molecule has 0 aliphatic heterocycles. The number of carbonyl (C=O) groups excluding carboxylic acids is 1. The highest BCUT2D eigenvalue weighted by atomic mass is 35.5. The summed E-state index contributed by atoms with van der Waals surface area (Å²) in [5.74, 6) is 1.47. The van der Waals surface area contributed by atoms with E-state index in [1.165, 1.54) is 4.90 Å². The van der Waals surface area contributed by atoms with Crippen molar-refractivity contribution < 1.29 is 9.21 Å². The monoisotopic (exact) mass is 357 g/mol. The quantitative estimate of drug-likeness (QED) is 0.620. The van der Waals surface area contributed by atoms with Gasteiger partial charge in [0.25, 0.3) is 5.91 Å². The van der Waals surface area contributed by atoms with Crippen molar-refractivity contribution in [3.63, 3.8) is 0 Å².